The van der Waals surface area contributed by atoms with E-state index in [-0.39, 0.29) is 17.2 Å². The second-order valence-electron chi connectivity index (χ2n) is 4.06. The average molecular weight is 264 g/mol. The molecule has 4 heteroatoms. The molecule has 0 radical (unpaired) electrons. The third-order valence-electron chi connectivity index (χ3n) is 2.56. The number of carbonyl (C=O) groups excluding carboxylic acids is 1. The third-order valence-corrected chi connectivity index (χ3v) is 2.85. The summed E-state index contributed by atoms with van der Waals surface area (Å²) in [6.07, 6.45) is 1.89. The normalized spacial score (nSPS) is 10.4. The van der Waals surface area contributed by atoms with Crippen molar-refractivity contribution in [3.63, 3.8) is 0 Å². The molecular weight excluding hydrogens is 253 g/mol. The first-order chi connectivity index (χ1) is 8.56. The van der Waals surface area contributed by atoms with Crippen LogP contribution in [0.2, 0.25) is 5.02 Å². The predicted octanol–water partition coefficient (Wildman–Crippen LogP) is 3.61. The Labute approximate surface area is 109 Å². The second-order valence-corrected chi connectivity index (χ2v) is 4.46. The lowest BCUT2D eigenvalue weighted by molar-refractivity contribution is 0.0992. The average Bonchev–Trinajstić information content (AvgIpc) is 2.35. The molecule has 0 N–H and O–H groups in total. The molecule has 0 unspecified atom stereocenters. The van der Waals surface area contributed by atoms with E-state index in [0.29, 0.717) is 11.3 Å². The molecule has 0 saturated heterocycles. The third kappa shape index (κ3) is 2.93. The van der Waals surface area contributed by atoms with Gasteiger partial charge in [0.2, 0.25) is 0 Å². The molecule has 0 spiro atoms. The standard InChI is InChI=1S/C14H11ClFNO/c1-9-2-4-11(17-8-9)7-14(18)10-3-5-13(16)12(15)6-10/h2-6,8H,7H2,1H3. The minimum atomic E-state index is -0.526. The van der Waals surface area contributed by atoms with E-state index < -0.39 is 5.82 Å². The maximum atomic E-state index is 13.0. The molecular formula is C14H11ClFNO. The summed E-state index contributed by atoms with van der Waals surface area (Å²) >= 11 is 5.64. The van der Waals surface area contributed by atoms with E-state index >= 15 is 0 Å². The van der Waals surface area contributed by atoms with E-state index in [4.69, 9.17) is 11.6 Å². The highest BCUT2D eigenvalue weighted by Crippen LogP contribution is 2.17. The molecule has 0 aliphatic rings. The largest absolute Gasteiger partial charge is 0.294 e. The van der Waals surface area contributed by atoms with Gasteiger partial charge < -0.3 is 0 Å². The second kappa shape index (κ2) is 5.27. The lowest BCUT2D eigenvalue weighted by atomic mass is 10.1. The van der Waals surface area contributed by atoms with Gasteiger partial charge in [-0.25, -0.2) is 4.39 Å². The van der Waals surface area contributed by atoms with E-state index in [2.05, 4.69) is 4.98 Å². The Morgan fingerprint density at radius 2 is 2.11 bits per heavy atom. The number of benzene rings is 1. The number of hydrogen-bond acceptors (Lipinski definition) is 2. The Kier molecular flexibility index (Phi) is 3.72. The zero-order valence-corrected chi connectivity index (χ0v) is 10.5. The number of nitrogens with zero attached hydrogens (tertiary/aromatic N) is 1. The summed E-state index contributed by atoms with van der Waals surface area (Å²) in [7, 11) is 0. The number of hydrogen-bond donors (Lipinski definition) is 0. The minimum Gasteiger partial charge on any atom is -0.294 e. The van der Waals surface area contributed by atoms with Gasteiger partial charge in [0.25, 0.3) is 0 Å². The van der Waals surface area contributed by atoms with Crippen molar-refractivity contribution < 1.29 is 9.18 Å². The summed E-state index contributed by atoms with van der Waals surface area (Å²) in [4.78, 5) is 16.1. The predicted molar refractivity (Wildman–Crippen MR) is 68.4 cm³/mol. The Bertz CT molecular complexity index is 581. The quantitative estimate of drug-likeness (QED) is 0.792. The molecule has 1 heterocycles. The number of rotatable bonds is 3. The molecule has 18 heavy (non-hydrogen) atoms. The highest BCUT2D eigenvalue weighted by Gasteiger charge is 2.10. The van der Waals surface area contributed by atoms with Crippen molar-refractivity contribution in [1.82, 2.24) is 4.98 Å². The zero-order valence-electron chi connectivity index (χ0n) is 9.78. The molecule has 0 saturated carbocycles. The summed E-state index contributed by atoms with van der Waals surface area (Å²) < 4.78 is 13.0. The molecule has 2 nitrogen and oxygen atoms in total. The molecule has 0 aliphatic heterocycles. The monoisotopic (exact) mass is 263 g/mol. The topological polar surface area (TPSA) is 30.0 Å². The maximum absolute atomic E-state index is 13.0. The van der Waals surface area contributed by atoms with Gasteiger partial charge in [-0.1, -0.05) is 17.7 Å². The van der Waals surface area contributed by atoms with Crippen molar-refractivity contribution in [2.24, 2.45) is 0 Å². The molecule has 2 aromatic rings. The van der Waals surface area contributed by atoms with E-state index in [1.807, 2.05) is 13.0 Å². The van der Waals surface area contributed by atoms with Crippen molar-refractivity contribution in [3.8, 4) is 0 Å². The molecule has 0 aliphatic carbocycles. The minimum absolute atomic E-state index is 0.0438. The van der Waals surface area contributed by atoms with Gasteiger partial charge in [-0.15, -0.1) is 0 Å². The number of aryl methyl sites for hydroxylation is 1. The van der Waals surface area contributed by atoms with Crippen molar-refractivity contribution in [3.05, 3.63) is 64.2 Å². The molecule has 0 fully saturated rings. The number of carbonyl (C=O) groups is 1. The van der Waals surface area contributed by atoms with Crippen LogP contribution in [0.1, 0.15) is 21.6 Å². The number of Topliss-reactive ketones (excluding diaryl/α,β-unsaturated/α-hetero) is 1. The van der Waals surface area contributed by atoms with E-state index in [1.54, 1.807) is 12.3 Å². The maximum Gasteiger partial charge on any atom is 0.168 e. The van der Waals surface area contributed by atoms with Gasteiger partial charge in [0.05, 0.1) is 11.4 Å². The van der Waals surface area contributed by atoms with Gasteiger partial charge in [0.15, 0.2) is 5.78 Å². The molecule has 0 bridgehead atoms. The van der Waals surface area contributed by atoms with Crippen LogP contribution >= 0.6 is 11.6 Å². The van der Waals surface area contributed by atoms with Gasteiger partial charge >= 0.3 is 0 Å². The molecule has 0 atom stereocenters. The number of aromatic nitrogens is 1. The first kappa shape index (κ1) is 12.7. The van der Waals surface area contributed by atoms with Gasteiger partial charge in [-0.05, 0) is 36.8 Å². The summed E-state index contributed by atoms with van der Waals surface area (Å²) in [6.45, 7) is 1.93. The zero-order chi connectivity index (χ0) is 13.1. The van der Waals surface area contributed by atoms with Crippen molar-refractivity contribution in [1.29, 1.82) is 0 Å². The number of halogens is 2. The fourth-order valence-corrected chi connectivity index (χ4v) is 1.72. The first-order valence-electron chi connectivity index (χ1n) is 5.46. The van der Waals surface area contributed by atoms with E-state index in [1.165, 1.54) is 18.2 Å². The lowest BCUT2D eigenvalue weighted by Gasteiger charge is -2.02. The lowest BCUT2D eigenvalue weighted by Crippen LogP contribution is -2.05. The SMILES string of the molecule is Cc1ccc(CC(=O)c2ccc(F)c(Cl)c2)nc1. The van der Waals surface area contributed by atoms with E-state index in [0.717, 1.165) is 5.56 Å². The van der Waals surface area contributed by atoms with Crippen LogP contribution in [0.3, 0.4) is 0 Å². The van der Waals surface area contributed by atoms with Gasteiger partial charge in [0.1, 0.15) is 5.82 Å². The van der Waals surface area contributed by atoms with Gasteiger partial charge in [-0.2, -0.15) is 0 Å². The van der Waals surface area contributed by atoms with Crippen LogP contribution in [-0.2, 0) is 6.42 Å². The summed E-state index contributed by atoms with van der Waals surface area (Å²) in [6, 6.07) is 7.66. The van der Waals surface area contributed by atoms with Crippen LogP contribution < -0.4 is 0 Å². The van der Waals surface area contributed by atoms with Gasteiger partial charge in [0, 0.05) is 17.5 Å². The van der Waals surface area contributed by atoms with Crippen LogP contribution in [0.25, 0.3) is 0 Å². The summed E-state index contributed by atoms with van der Waals surface area (Å²) in [5, 5.41) is -0.0438. The number of pyridine rings is 1. The molecule has 1 aromatic heterocycles. The summed E-state index contributed by atoms with van der Waals surface area (Å²) in [5.74, 6) is -0.657. The Morgan fingerprint density at radius 1 is 1.33 bits per heavy atom. The summed E-state index contributed by atoms with van der Waals surface area (Å²) in [5.41, 5.74) is 2.12. The van der Waals surface area contributed by atoms with Crippen molar-refractivity contribution >= 4 is 17.4 Å². The van der Waals surface area contributed by atoms with Crippen LogP contribution in [-0.4, -0.2) is 10.8 Å². The fraction of sp³-hybridized carbons (Fsp3) is 0.143. The van der Waals surface area contributed by atoms with Crippen molar-refractivity contribution in [2.45, 2.75) is 13.3 Å². The van der Waals surface area contributed by atoms with Crippen LogP contribution in [0, 0.1) is 12.7 Å². The number of ketones is 1. The van der Waals surface area contributed by atoms with Crippen LogP contribution in [0.4, 0.5) is 4.39 Å². The van der Waals surface area contributed by atoms with Crippen LogP contribution in [0.15, 0.2) is 36.5 Å². The fourth-order valence-electron chi connectivity index (χ4n) is 1.54. The highest BCUT2D eigenvalue weighted by molar-refractivity contribution is 6.31. The first-order valence-corrected chi connectivity index (χ1v) is 5.84. The van der Waals surface area contributed by atoms with Crippen LogP contribution in [0.5, 0.6) is 0 Å². The highest BCUT2D eigenvalue weighted by atomic mass is 35.5. The molecule has 0 amide bonds. The van der Waals surface area contributed by atoms with Crippen molar-refractivity contribution in [2.75, 3.05) is 0 Å². The van der Waals surface area contributed by atoms with Gasteiger partial charge in [-0.3, -0.25) is 9.78 Å². The Balaban J connectivity index is 2.16. The molecule has 1 aromatic carbocycles. The smallest absolute Gasteiger partial charge is 0.168 e. The Hall–Kier alpha value is -1.74. The molecule has 2 rings (SSSR count). The molecule has 92 valence electrons. The van der Waals surface area contributed by atoms with E-state index in [9.17, 15) is 9.18 Å². The Morgan fingerprint density at radius 3 is 2.72 bits per heavy atom.